The summed E-state index contributed by atoms with van der Waals surface area (Å²) >= 11 is 1.61. The van der Waals surface area contributed by atoms with Crippen LogP contribution < -0.4 is 10.6 Å². The van der Waals surface area contributed by atoms with Crippen molar-refractivity contribution < 1.29 is 13.2 Å². The maximum absolute atomic E-state index is 12.0. The van der Waals surface area contributed by atoms with Crippen molar-refractivity contribution in [1.29, 1.82) is 0 Å². The Morgan fingerprint density at radius 2 is 2.05 bits per heavy atom. The number of carbonyl (C=O) groups excluding carboxylic acids is 1. The number of hydrogen-bond acceptors (Lipinski definition) is 4. The highest BCUT2D eigenvalue weighted by Crippen LogP contribution is 2.37. The molecule has 8 heteroatoms. The van der Waals surface area contributed by atoms with Gasteiger partial charge >= 0.3 is 6.03 Å². The van der Waals surface area contributed by atoms with E-state index in [0.29, 0.717) is 19.4 Å². The number of rotatable bonds is 4. The zero-order valence-electron chi connectivity index (χ0n) is 12.5. The van der Waals surface area contributed by atoms with Crippen LogP contribution in [-0.4, -0.2) is 43.1 Å². The summed E-state index contributed by atoms with van der Waals surface area (Å²) in [6.07, 6.45) is 4.48. The molecular formula is C14H21N3O3S2. The molecule has 0 aliphatic carbocycles. The van der Waals surface area contributed by atoms with Crippen molar-refractivity contribution in [3.8, 4) is 0 Å². The SMILES string of the molecule is CS(=O)(=O)N1C2CCC1CC(NC(=O)NCc1cccs1)C2. The van der Waals surface area contributed by atoms with E-state index in [9.17, 15) is 13.2 Å². The van der Waals surface area contributed by atoms with Gasteiger partial charge in [-0.25, -0.2) is 13.2 Å². The molecule has 0 aromatic carbocycles. The number of nitrogens with zero attached hydrogens (tertiary/aromatic N) is 1. The van der Waals surface area contributed by atoms with E-state index in [-0.39, 0.29) is 24.2 Å². The molecule has 3 rings (SSSR count). The Hall–Kier alpha value is -1.12. The zero-order chi connectivity index (χ0) is 15.7. The third-order valence-corrected chi connectivity index (χ3v) is 6.63. The fourth-order valence-electron chi connectivity index (χ4n) is 3.61. The van der Waals surface area contributed by atoms with Crippen LogP contribution in [0, 0.1) is 0 Å². The molecule has 2 atom stereocenters. The molecule has 2 amide bonds. The molecule has 2 aliphatic heterocycles. The Bertz CT molecular complexity index is 616. The molecule has 1 aromatic heterocycles. The normalized spacial score (nSPS) is 28.5. The van der Waals surface area contributed by atoms with Crippen LogP contribution in [0.25, 0.3) is 0 Å². The predicted molar refractivity (Wildman–Crippen MR) is 86.2 cm³/mol. The van der Waals surface area contributed by atoms with Gasteiger partial charge in [0.25, 0.3) is 0 Å². The number of nitrogens with one attached hydrogen (secondary N) is 2. The molecule has 2 bridgehead atoms. The number of thiophene rings is 1. The topological polar surface area (TPSA) is 78.5 Å². The first-order valence-corrected chi connectivity index (χ1v) is 10.2. The van der Waals surface area contributed by atoms with Crippen molar-refractivity contribution in [1.82, 2.24) is 14.9 Å². The molecule has 2 saturated heterocycles. The fourth-order valence-corrected chi connectivity index (χ4v) is 5.72. The van der Waals surface area contributed by atoms with Gasteiger partial charge in [0.1, 0.15) is 0 Å². The van der Waals surface area contributed by atoms with E-state index in [4.69, 9.17) is 0 Å². The molecule has 2 N–H and O–H groups in total. The Kier molecular flexibility index (Phi) is 4.42. The number of urea groups is 1. The number of fused-ring (bicyclic) bond motifs is 2. The lowest BCUT2D eigenvalue weighted by molar-refractivity contribution is 0.199. The summed E-state index contributed by atoms with van der Waals surface area (Å²) < 4.78 is 25.3. The number of carbonyl (C=O) groups is 1. The predicted octanol–water partition coefficient (Wildman–Crippen LogP) is 1.50. The van der Waals surface area contributed by atoms with Crippen LogP contribution >= 0.6 is 11.3 Å². The van der Waals surface area contributed by atoms with Gasteiger partial charge in [0.2, 0.25) is 10.0 Å². The lowest BCUT2D eigenvalue weighted by atomic mass is 10.00. The molecule has 0 spiro atoms. The molecule has 122 valence electrons. The van der Waals surface area contributed by atoms with E-state index < -0.39 is 10.0 Å². The minimum atomic E-state index is -3.15. The second kappa shape index (κ2) is 6.17. The highest BCUT2D eigenvalue weighted by molar-refractivity contribution is 7.88. The summed E-state index contributed by atoms with van der Waals surface area (Å²) in [4.78, 5) is 13.1. The van der Waals surface area contributed by atoms with E-state index in [1.165, 1.54) is 6.26 Å². The highest BCUT2D eigenvalue weighted by atomic mass is 32.2. The van der Waals surface area contributed by atoms with Crippen molar-refractivity contribution in [2.45, 2.75) is 50.4 Å². The summed E-state index contributed by atoms with van der Waals surface area (Å²) in [5, 5.41) is 7.82. The highest BCUT2D eigenvalue weighted by Gasteiger charge is 2.45. The van der Waals surface area contributed by atoms with Crippen molar-refractivity contribution in [3.05, 3.63) is 22.4 Å². The van der Waals surface area contributed by atoms with Gasteiger partial charge in [-0.1, -0.05) is 6.07 Å². The van der Waals surface area contributed by atoms with Gasteiger partial charge in [0.15, 0.2) is 0 Å². The van der Waals surface area contributed by atoms with Crippen molar-refractivity contribution in [2.75, 3.05) is 6.26 Å². The molecule has 3 heterocycles. The Morgan fingerprint density at radius 1 is 1.36 bits per heavy atom. The number of sulfonamides is 1. The average Bonchev–Trinajstić information content (AvgIpc) is 3.03. The lowest BCUT2D eigenvalue weighted by Gasteiger charge is -2.37. The second-order valence-corrected chi connectivity index (χ2v) is 8.97. The Balaban J connectivity index is 1.52. The van der Waals surface area contributed by atoms with E-state index in [1.54, 1.807) is 15.6 Å². The van der Waals surface area contributed by atoms with Crippen LogP contribution in [0.3, 0.4) is 0 Å². The zero-order valence-corrected chi connectivity index (χ0v) is 14.1. The first-order chi connectivity index (χ1) is 10.4. The average molecular weight is 343 g/mol. The maximum Gasteiger partial charge on any atom is 0.315 e. The third-order valence-electron chi connectivity index (χ3n) is 4.39. The molecule has 6 nitrogen and oxygen atoms in total. The Labute approximate surface area is 134 Å². The molecule has 0 saturated carbocycles. The summed E-state index contributed by atoms with van der Waals surface area (Å²) in [7, 11) is -3.15. The fraction of sp³-hybridized carbons (Fsp3) is 0.643. The van der Waals surface area contributed by atoms with Gasteiger partial charge in [-0.15, -0.1) is 11.3 Å². The molecule has 2 aliphatic rings. The van der Waals surface area contributed by atoms with Crippen LogP contribution in [0.15, 0.2) is 17.5 Å². The molecule has 22 heavy (non-hydrogen) atoms. The quantitative estimate of drug-likeness (QED) is 0.870. The first kappa shape index (κ1) is 15.8. The maximum atomic E-state index is 12.0. The molecular weight excluding hydrogens is 322 g/mol. The lowest BCUT2D eigenvalue weighted by Crippen LogP contribution is -2.53. The first-order valence-electron chi connectivity index (χ1n) is 7.49. The van der Waals surface area contributed by atoms with Gasteiger partial charge in [0, 0.05) is 23.0 Å². The number of hydrogen-bond donors (Lipinski definition) is 2. The number of piperidine rings is 1. The van der Waals surface area contributed by atoms with Gasteiger partial charge in [-0.3, -0.25) is 0 Å². The minimum absolute atomic E-state index is 0.0383. The second-order valence-electron chi connectivity index (χ2n) is 6.05. The van der Waals surface area contributed by atoms with Crippen LogP contribution in [-0.2, 0) is 16.6 Å². The molecule has 2 fully saturated rings. The van der Waals surface area contributed by atoms with E-state index in [0.717, 1.165) is 17.7 Å². The summed E-state index contributed by atoms with van der Waals surface area (Å²) in [5.74, 6) is 0. The van der Waals surface area contributed by atoms with Gasteiger partial charge in [-0.2, -0.15) is 4.31 Å². The van der Waals surface area contributed by atoms with E-state index in [1.807, 2.05) is 17.5 Å². The molecule has 1 aromatic rings. The summed E-state index contributed by atoms with van der Waals surface area (Å²) in [6, 6.07) is 3.89. The van der Waals surface area contributed by atoms with Crippen molar-refractivity contribution >= 4 is 27.4 Å². The van der Waals surface area contributed by atoms with Crippen molar-refractivity contribution in [3.63, 3.8) is 0 Å². The van der Waals surface area contributed by atoms with Gasteiger partial charge < -0.3 is 10.6 Å². The number of amides is 2. The largest absolute Gasteiger partial charge is 0.335 e. The Morgan fingerprint density at radius 3 is 2.59 bits per heavy atom. The van der Waals surface area contributed by atoms with Gasteiger partial charge in [0.05, 0.1) is 12.8 Å². The smallest absolute Gasteiger partial charge is 0.315 e. The monoisotopic (exact) mass is 343 g/mol. The van der Waals surface area contributed by atoms with Crippen LogP contribution in [0.2, 0.25) is 0 Å². The van der Waals surface area contributed by atoms with Crippen LogP contribution in [0.4, 0.5) is 4.79 Å². The van der Waals surface area contributed by atoms with E-state index >= 15 is 0 Å². The third kappa shape index (κ3) is 3.44. The molecule has 0 radical (unpaired) electrons. The summed E-state index contributed by atoms with van der Waals surface area (Å²) in [6.45, 7) is 0.526. The van der Waals surface area contributed by atoms with E-state index in [2.05, 4.69) is 10.6 Å². The van der Waals surface area contributed by atoms with Crippen molar-refractivity contribution in [2.24, 2.45) is 0 Å². The standard InChI is InChI=1S/C14H21N3O3S2/c1-22(19,20)17-11-4-5-12(17)8-10(7-11)16-14(18)15-9-13-3-2-6-21-13/h2-3,6,10-12H,4-5,7-9H2,1H3,(H2,15,16,18). The molecule has 2 unspecified atom stereocenters. The van der Waals surface area contributed by atoms with Crippen LogP contribution in [0.1, 0.15) is 30.6 Å². The summed E-state index contributed by atoms with van der Waals surface area (Å²) in [5.41, 5.74) is 0. The van der Waals surface area contributed by atoms with Crippen LogP contribution in [0.5, 0.6) is 0 Å². The van der Waals surface area contributed by atoms with Gasteiger partial charge in [-0.05, 0) is 37.1 Å². The minimum Gasteiger partial charge on any atom is -0.335 e.